The zero-order chi connectivity index (χ0) is 29.4. The van der Waals surface area contributed by atoms with Crippen LogP contribution in [-0.4, -0.2) is 184 Å². The highest BCUT2D eigenvalue weighted by atomic mass is 16.6. The van der Waals surface area contributed by atoms with Crippen LogP contribution in [0.2, 0.25) is 0 Å². The van der Waals surface area contributed by atoms with Gasteiger partial charge in [-0.2, -0.15) is 0 Å². The zero-order valence-corrected chi connectivity index (χ0v) is 20.3. The minimum absolute atomic E-state index is 0.919. The van der Waals surface area contributed by atoms with Crippen molar-refractivity contribution in [2.24, 2.45) is 0 Å². The van der Waals surface area contributed by atoms with Crippen LogP contribution in [0.15, 0.2) is 0 Å². The van der Waals surface area contributed by atoms with Gasteiger partial charge in [-0.1, -0.05) is 0 Å². The van der Waals surface area contributed by atoms with Gasteiger partial charge in [0.05, 0.1) is 19.8 Å². The van der Waals surface area contributed by atoms with E-state index in [1.54, 1.807) is 0 Å². The van der Waals surface area contributed by atoms with E-state index in [0.717, 1.165) is 0 Å². The van der Waals surface area contributed by atoms with Gasteiger partial charge in [0.25, 0.3) is 0 Å². The highest BCUT2D eigenvalue weighted by molar-refractivity contribution is 5.90. The summed E-state index contributed by atoms with van der Waals surface area (Å²) in [6.45, 7) is -4.00. The van der Waals surface area contributed by atoms with Crippen LogP contribution in [0, 0.1) is 0 Å². The van der Waals surface area contributed by atoms with E-state index in [0.29, 0.717) is 0 Å². The van der Waals surface area contributed by atoms with Crippen LogP contribution in [0.25, 0.3) is 0 Å². The highest BCUT2D eigenvalue weighted by Gasteiger charge is 2.72. The number of aliphatic hydroxyl groups is 11. The molecule has 0 radical (unpaired) electrons. The predicted octanol–water partition coefficient (Wildman–Crippen LogP) is -8.09. The molecule has 3 aliphatic heterocycles. The van der Waals surface area contributed by atoms with E-state index < -0.39 is 129 Å². The Balaban J connectivity index is 2.05. The number of carbonyl (C=O) groups is 2. The molecule has 39 heavy (non-hydrogen) atoms. The Labute approximate surface area is 219 Å². The first kappa shape index (κ1) is 31.9. The molecule has 18 heteroatoms. The van der Waals surface area contributed by atoms with Gasteiger partial charge >= 0.3 is 11.9 Å². The average molecular weight is 574 g/mol. The Morgan fingerprint density at radius 2 is 1.23 bits per heavy atom. The zero-order valence-electron chi connectivity index (χ0n) is 20.3. The molecule has 3 heterocycles. The van der Waals surface area contributed by atoms with Crippen LogP contribution < -0.4 is 0 Å². The molecule has 3 aliphatic rings. The smallest absolute Gasteiger partial charge is 0.317 e. The van der Waals surface area contributed by atoms with Crippen LogP contribution in [-0.2, 0) is 28.5 Å². The van der Waals surface area contributed by atoms with E-state index >= 15 is 0 Å². The number of carboxylic acid groups (broad SMARTS) is 1. The molecule has 3 unspecified atom stereocenters. The fourth-order valence-corrected chi connectivity index (χ4v) is 5.16. The normalized spacial score (nSPS) is 48.9. The van der Waals surface area contributed by atoms with E-state index in [9.17, 15) is 65.8 Å². The first-order valence-electron chi connectivity index (χ1n) is 11.9. The summed E-state index contributed by atoms with van der Waals surface area (Å²) in [5, 5.41) is 125. The summed E-state index contributed by atoms with van der Waals surface area (Å²) in [5.41, 5.74) is -6.42. The number of carboxylic acids is 1. The number of hydrogen-bond acceptors (Lipinski definition) is 17. The van der Waals surface area contributed by atoms with Gasteiger partial charge in [-0.3, -0.25) is 9.59 Å². The Kier molecular flexibility index (Phi) is 9.89. The SMILES string of the molecule is O=C(O)CC(=O)OCC1OC[C@@](O)(C2O[C@@H](CO)[C@H](O)[C@@H](O)[C@@H]2O)[C@](O)(C2O[C@H](CO)[C@@H](O)[C@H](O)[C@H]2O)[C@@H]1O. The molecule has 3 rings (SSSR count). The second kappa shape index (κ2) is 12.1. The topological polar surface area (TPSA) is 314 Å². The van der Waals surface area contributed by atoms with Gasteiger partial charge in [-0.15, -0.1) is 0 Å². The third-order valence-electron chi connectivity index (χ3n) is 7.41. The van der Waals surface area contributed by atoms with E-state index in [1.807, 2.05) is 0 Å². The maximum Gasteiger partial charge on any atom is 0.317 e. The number of esters is 1. The van der Waals surface area contributed by atoms with Gasteiger partial charge in [0.15, 0.2) is 11.2 Å². The fourth-order valence-electron chi connectivity index (χ4n) is 5.16. The maximum atomic E-state index is 12.0. The molecular formula is C21H34O18. The number of rotatable bonds is 8. The number of ether oxygens (including phenoxy) is 4. The summed E-state index contributed by atoms with van der Waals surface area (Å²) in [7, 11) is 0. The molecule has 14 atom stereocenters. The molecule has 18 nitrogen and oxygen atoms in total. The third kappa shape index (κ3) is 5.51. The van der Waals surface area contributed by atoms with Gasteiger partial charge < -0.3 is 80.2 Å². The molecule has 226 valence electrons. The molecular weight excluding hydrogens is 540 g/mol. The van der Waals surface area contributed by atoms with Crippen molar-refractivity contribution in [1.82, 2.24) is 0 Å². The van der Waals surface area contributed by atoms with E-state index in [4.69, 9.17) is 24.1 Å². The van der Waals surface area contributed by atoms with Crippen molar-refractivity contribution in [1.29, 1.82) is 0 Å². The van der Waals surface area contributed by atoms with Gasteiger partial charge in [-0.05, 0) is 0 Å². The second-order valence-electron chi connectivity index (χ2n) is 9.80. The third-order valence-corrected chi connectivity index (χ3v) is 7.41. The monoisotopic (exact) mass is 574 g/mol. The van der Waals surface area contributed by atoms with Crippen LogP contribution in [0.5, 0.6) is 0 Å². The van der Waals surface area contributed by atoms with Gasteiger partial charge in [0.2, 0.25) is 0 Å². The molecule has 12 N–H and O–H groups in total. The number of aliphatic carboxylic acids is 1. The molecule has 0 spiro atoms. The summed E-state index contributed by atoms with van der Waals surface area (Å²) in [6.07, 6.45) is -25.7. The number of carbonyl (C=O) groups excluding carboxylic acids is 1. The van der Waals surface area contributed by atoms with Crippen LogP contribution in [0.4, 0.5) is 0 Å². The van der Waals surface area contributed by atoms with E-state index in [1.165, 1.54) is 0 Å². The lowest BCUT2D eigenvalue weighted by atomic mass is 9.64. The Bertz CT molecular complexity index is 870. The summed E-state index contributed by atoms with van der Waals surface area (Å²) in [5.74, 6) is -2.82. The first-order valence-corrected chi connectivity index (χ1v) is 11.9. The number of aliphatic hydroxyl groups excluding tert-OH is 9. The van der Waals surface area contributed by atoms with Crippen molar-refractivity contribution >= 4 is 11.9 Å². The fraction of sp³-hybridized carbons (Fsp3) is 0.905. The summed E-state index contributed by atoms with van der Waals surface area (Å²) < 4.78 is 20.8. The quantitative estimate of drug-likeness (QED) is 0.0945. The highest BCUT2D eigenvalue weighted by Crippen LogP contribution is 2.46. The number of hydrogen-bond donors (Lipinski definition) is 12. The van der Waals surface area contributed by atoms with Crippen LogP contribution in [0.1, 0.15) is 6.42 Å². The molecule has 0 bridgehead atoms. The molecule has 3 fully saturated rings. The van der Waals surface area contributed by atoms with Crippen molar-refractivity contribution in [3.05, 3.63) is 0 Å². The summed E-state index contributed by atoms with van der Waals surface area (Å²) in [4.78, 5) is 22.4. The van der Waals surface area contributed by atoms with Gasteiger partial charge in [0, 0.05) is 0 Å². The van der Waals surface area contributed by atoms with Crippen molar-refractivity contribution < 1.29 is 89.8 Å². The molecule has 0 saturated carbocycles. The van der Waals surface area contributed by atoms with Gasteiger partial charge in [0.1, 0.15) is 86.3 Å². The van der Waals surface area contributed by atoms with Crippen LogP contribution in [0.3, 0.4) is 0 Å². The van der Waals surface area contributed by atoms with Crippen molar-refractivity contribution in [2.75, 3.05) is 26.4 Å². The molecule has 0 aromatic carbocycles. The molecule has 0 aliphatic carbocycles. The lowest BCUT2D eigenvalue weighted by Gasteiger charge is -2.60. The Morgan fingerprint density at radius 3 is 1.72 bits per heavy atom. The molecule has 3 saturated heterocycles. The standard InChI is InChI=1S/C21H34O18/c22-2-6-11(27)13(29)15(31)18(38-6)20(34)5-37-8(4-36-10(26)1-9(24)25)17(33)21(20,35)19-16(32)14(30)12(28)7(3-23)39-19/h6-8,11-19,22-23,27-35H,1-5H2,(H,24,25)/t6-,7+,8?,11-,12+,13+,14-,15-,16+,17+,18?,19?,20+,21+/m0/s1. The first-order chi connectivity index (χ1) is 18.1. The van der Waals surface area contributed by atoms with Gasteiger partial charge in [-0.25, -0.2) is 0 Å². The average Bonchev–Trinajstić information content (AvgIpc) is 2.88. The summed E-state index contributed by atoms with van der Waals surface area (Å²) >= 11 is 0. The second-order valence-corrected chi connectivity index (χ2v) is 9.80. The summed E-state index contributed by atoms with van der Waals surface area (Å²) in [6, 6.07) is 0. The van der Waals surface area contributed by atoms with Crippen molar-refractivity contribution in [2.45, 2.75) is 90.9 Å². The Hall–Kier alpha value is -1.62. The molecule has 0 aromatic rings. The van der Waals surface area contributed by atoms with Crippen molar-refractivity contribution in [3.63, 3.8) is 0 Å². The predicted molar refractivity (Wildman–Crippen MR) is 116 cm³/mol. The minimum atomic E-state index is -3.31. The maximum absolute atomic E-state index is 12.0. The lowest BCUT2D eigenvalue weighted by Crippen LogP contribution is -2.85. The minimum Gasteiger partial charge on any atom is -0.481 e. The molecule has 0 amide bonds. The largest absolute Gasteiger partial charge is 0.481 e. The van der Waals surface area contributed by atoms with E-state index in [-0.39, 0.29) is 0 Å². The lowest BCUT2D eigenvalue weighted by molar-refractivity contribution is -0.391. The van der Waals surface area contributed by atoms with E-state index in [2.05, 4.69) is 0 Å². The Morgan fingerprint density at radius 1 is 0.744 bits per heavy atom. The molecule has 0 aromatic heterocycles. The van der Waals surface area contributed by atoms with Crippen molar-refractivity contribution in [3.8, 4) is 0 Å². The van der Waals surface area contributed by atoms with Crippen LogP contribution >= 0.6 is 0 Å².